The van der Waals surface area contributed by atoms with Crippen LogP contribution in [0, 0.1) is 0 Å². The Bertz CT molecular complexity index is 671. The first-order valence-corrected chi connectivity index (χ1v) is 7.50. The molecule has 0 aliphatic rings. The topological polar surface area (TPSA) is 70.2 Å². The van der Waals surface area contributed by atoms with Crippen LogP contribution in [-0.4, -0.2) is 25.4 Å². The van der Waals surface area contributed by atoms with E-state index in [2.05, 4.69) is 16.0 Å². The first-order chi connectivity index (χ1) is 11.1. The quantitative estimate of drug-likeness (QED) is 0.767. The van der Waals surface area contributed by atoms with Crippen molar-refractivity contribution in [1.29, 1.82) is 0 Å². The molecule has 0 aliphatic carbocycles. The number of carbonyl (C=O) groups is 2. The molecule has 2 aromatic rings. The van der Waals surface area contributed by atoms with Crippen LogP contribution in [-0.2, 0) is 4.79 Å². The summed E-state index contributed by atoms with van der Waals surface area (Å²) in [4.78, 5) is 23.6. The van der Waals surface area contributed by atoms with Crippen molar-refractivity contribution < 1.29 is 9.59 Å². The van der Waals surface area contributed by atoms with E-state index in [1.165, 1.54) is 0 Å². The fourth-order valence-electron chi connectivity index (χ4n) is 2.19. The highest BCUT2D eigenvalue weighted by Crippen LogP contribution is 2.12. The van der Waals surface area contributed by atoms with Crippen molar-refractivity contribution in [3.8, 4) is 0 Å². The molecule has 0 bridgehead atoms. The molecule has 0 radical (unpaired) electrons. The van der Waals surface area contributed by atoms with Crippen LogP contribution < -0.4 is 16.0 Å². The van der Waals surface area contributed by atoms with Gasteiger partial charge in [-0.05, 0) is 30.7 Å². The third-order valence-electron chi connectivity index (χ3n) is 3.50. The molecular weight excluding hydrogens is 290 g/mol. The molecule has 0 aromatic heterocycles. The van der Waals surface area contributed by atoms with Gasteiger partial charge in [-0.25, -0.2) is 0 Å². The summed E-state index contributed by atoms with van der Waals surface area (Å²) in [7, 11) is 1.57. The van der Waals surface area contributed by atoms with Gasteiger partial charge in [0.15, 0.2) is 0 Å². The minimum absolute atomic E-state index is 0.0825. The van der Waals surface area contributed by atoms with Gasteiger partial charge < -0.3 is 16.0 Å². The number of benzene rings is 2. The molecule has 5 heteroatoms. The van der Waals surface area contributed by atoms with Crippen LogP contribution in [0.2, 0.25) is 0 Å². The normalized spacial score (nSPS) is 11.6. The van der Waals surface area contributed by atoms with Crippen molar-refractivity contribution in [2.75, 3.05) is 18.9 Å². The fourth-order valence-corrected chi connectivity index (χ4v) is 2.19. The van der Waals surface area contributed by atoms with E-state index in [-0.39, 0.29) is 24.4 Å². The highest BCUT2D eigenvalue weighted by molar-refractivity contribution is 5.97. The Morgan fingerprint density at radius 2 is 1.78 bits per heavy atom. The third kappa shape index (κ3) is 4.93. The molecule has 0 saturated heterocycles. The zero-order chi connectivity index (χ0) is 16.7. The Morgan fingerprint density at radius 1 is 1.04 bits per heavy atom. The lowest BCUT2D eigenvalue weighted by molar-refractivity contribution is -0.115. The van der Waals surface area contributed by atoms with Gasteiger partial charge in [-0.2, -0.15) is 0 Å². The Kier molecular flexibility index (Phi) is 5.88. The van der Waals surface area contributed by atoms with Gasteiger partial charge in [0.1, 0.15) is 0 Å². The Balaban J connectivity index is 1.89. The zero-order valence-corrected chi connectivity index (χ0v) is 13.3. The first kappa shape index (κ1) is 16.7. The second-order valence-electron chi connectivity index (χ2n) is 5.22. The number of hydrogen-bond donors (Lipinski definition) is 3. The number of amides is 2. The molecule has 0 aliphatic heterocycles. The van der Waals surface area contributed by atoms with E-state index in [9.17, 15) is 9.59 Å². The molecule has 5 nitrogen and oxygen atoms in total. The van der Waals surface area contributed by atoms with E-state index in [1.54, 1.807) is 31.3 Å². The van der Waals surface area contributed by atoms with Gasteiger partial charge in [0.25, 0.3) is 5.91 Å². The third-order valence-corrected chi connectivity index (χ3v) is 3.50. The minimum atomic E-state index is -0.183. The van der Waals surface area contributed by atoms with Crippen LogP contribution in [0.5, 0.6) is 0 Å². The van der Waals surface area contributed by atoms with Crippen molar-refractivity contribution in [2.45, 2.75) is 13.0 Å². The van der Waals surface area contributed by atoms with Crippen LogP contribution >= 0.6 is 0 Å². The smallest absolute Gasteiger partial charge is 0.251 e. The molecule has 0 saturated carbocycles. The molecule has 3 N–H and O–H groups in total. The van der Waals surface area contributed by atoms with Crippen molar-refractivity contribution in [2.24, 2.45) is 0 Å². The minimum Gasteiger partial charge on any atom is -0.355 e. The maximum Gasteiger partial charge on any atom is 0.251 e. The van der Waals surface area contributed by atoms with Gasteiger partial charge in [-0.1, -0.05) is 36.4 Å². The lowest BCUT2D eigenvalue weighted by atomic mass is 10.1. The Hall–Kier alpha value is -2.66. The van der Waals surface area contributed by atoms with Crippen LogP contribution in [0.1, 0.15) is 28.9 Å². The average Bonchev–Trinajstić information content (AvgIpc) is 2.60. The van der Waals surface area contributed by atoms with Crippen molar-refractivity contribution in [1.82, 2.24) is 10.6 Å². The van der Waals surface area contributed by atoms with E-state index < -0.39 is 0 Å². The molecule has 0 unspecified atom stereocenters. The molecular formula is C18H21N3O2. The van der Waals surface area contributed by atoms with Gasteiger partial charge in [-0.15, -0.1) is 0 Å². The van der Waals surface area contributed by atoms with Gasteiger partial charge in [-0.3, -0.25) is 9.59 Å². The maximum absolute atomic E-state index is 12.0. The van der Waals surface area contributed by atoms with Gasteiger partial charge in [0.05, 0.1) is 6.54 Å². The number of hydrogen-bond acceptors (Lipinski definition) is 3. The lowest BCUT2D eigenvalue weighted by Crippen LogP contribution is -2.30. The summed E-state index contributed by atoms with van der Waals surface area (Å²) in [5, 5.41) is 8.52. The van der Waals surface area contributed by atoms with Crippen molar-refractivity contribution in [3.63, 3.8) is 0 Å². The summed E-state index contributed by atoms with van der Waals surface area (Å²) in [5.74, 6) is -0.334. The highest BCUT2D eigenvalue weighted by Gasteiger charge is 2.09. The van der Waals surface area contributed by atoms with Crippen LogP contribution in [0.3, 0.4) is 0 Å². The number of rotatable bonds is 6. The van der Waals surface area contributed by atoms with Gasteiger partial charge >= 0.3 is 0 Å². The van der Waals surface area contributed by atoms with Crippen LogP contribution in [0.15, 0.2) is 54.6 Å². The summed E-state index contributed by atoms with van der Waals surface area (Å²) in [6.45, 7) is 2.20. The largest absolute Gasteiger partial charge is 0.355 e. The van der Waals surface area contributed by atoms with E-state index >= 15 is 0 Å². The molecule has 2 rings (SSSR count). The predicted molar refractivity (Wildman–Crippen MR) is 91.3 cm³/mol. The van der Waals surface area contributed by atoms with E-state index in [0.717, 1.165) is 5.56 Å². The van der Waals surface area contributed by atoms with Gasteiger partial charge in [0.2, 0.25) is 5.91 Å². The standard InChI is InChI=1S/C18H21N3O2/c1-13(14-7-4-3-5-8-14)20-12-17(22)21-16-10-6-9-15(11-16)18(23)19-2/h3-11,13,20H,12H2,1-2H3,(H,19,23)(H,21,22)/t13-/m0/s1. The molecule has 1 atom stereocenters. The summed E-state index contributed by atoms with van der Waals surface area (Å²) in [6, 6.07) is 16.9. The van der Waals surface area contributed by atoms with E-state index in [1.807, 2.05) is 37.3 Å². The second kappa shape index (κ2) is 8.10. The number of carbonyl (C=O) groups excluding carboxylic acids is 2. The summed E-state index contributed by atoms with van der Waals surface area (Å²) >= 11 is 0. The Morgan fingerprint density at radius 3 is 2.48 bits per heavy atom. The molecule has 120 valence electrons. The SMILES string of the molecule is CNC(=O)c1cccc(NC(=O)CN[C@@H](C)c2ccccc2)c1. The molecule has 23 heavy (non-hydrogen) atoms. The van der Waals surface area contributed by atoms with E-state index in [0.29, 0.717) is 11.3 Å². The van der Waals surface area contributed by atoms with Gasteiger partial charge in [0, 0.05) is 24.3 Å². The molecule has 2 aromatic carbocycles. The number of anilines is 1. The predicted octanol–water partition coefficient (Wildman–Crippen LogP) is 2.34. The summed E-state index contributed by atoms with van der Waals surface area (Å²) < 4.78 is 0. The lowest BCUT2D eigenvalue weighted by Gasteiger charge is -2.14. The maximum atomic E-state index is 12.0. The van der Waals surface area contributed by atoms with Crippen molar-refractivity contribution >= 4 is 17.5 Å². The number of nitrogens with one attached hydrogen (secondary N) is 3. The summed E-state index contributed by atoms with van der Waals surface area (Å²) in [6.07, 6.45) is 0. The fraction of sp³-hybridized carbons (Fsp3) is 0.222. The highest BCUT2D eigenvalue weighted by atomic mass is 16.2. The average molecular weight is 311 g/mol. The first-order valence-electron chi connectivity index (χ1n) is 7.50. The molecule has 0 spiro atoms. The van der Waals surface area contributed by atoms with E-state index in [4.69, 9.17) is 0 Å². The second-order valence-corrected chi connectivity index (χ2v) is 5.22. The summed E-state index contributed by atoms with van der Waals surface area (Å²) in [5.41, 5.74) is 2.24. The van der Waals surface area contributed by atoms with Crippen LogP contribution in [0.4, 0.5) is 5.69 Å². The molecule has 0 heterocycles. The Labute approximate surface area is 136 Å². The molecule has 2 amide bonds. The van der Waals surface area contributed by atoms with Crippen molar-refractivity contribution in [3.05, 3.63) is 65.7 Å². The monoisotopic (exact) mass is 311 g/mol. The zero-order valence-electron chi connectivity index (χ0n) is 13.3. The van der Waals surface area contributed by atoms with Crippen LogP contribution in [0.25, 0.3) is 0 Å². The molecule has 0 fully saturated rings.